The summed E-state index contributed by atoms with van der Waals surface area (Å²) in [5, 5.41) is 2.89. The minimum absolute atomic E-state index is 0.160. The van der Waals surface area contributed by atoms with Crippen LogP contribution in [0.1, 0.15) is 29.5 Å². The number of ether oxygens (including phenoxy) is 1. The number of methoxy groups -OCH3 is 1. The molecule has 1 heterocycles. The summed E-state index contributed by atoms with van der Waals surface area (Å²) in [6.45, 7) is 6.23. The molecule has 0 bridgehead atoms. The van der Waals surface area contributed by atoms with E-state index in [-0.39, 0.29) is 18.4 Å². The summed E-state index contributed by atoms with van der Waals surface area (Å²) in [4.78, 5) is 13.1. The maximum Gasteiger partial charge on any atom is 0.243 e. The number of amides is 1. The molecule has 7 heteroatoms. The molecule has 156 valence electrons. The average Bonchev–Trinajstić information content (AvgIpc) is 2.67. The summed E-state index contributed by atoms with van der Waals surface area (Å²) in [7, 11) is -2.07. The first-order valence-corrected chi connectivity index (χ1v) is 11.2. The number of benzene rings is 2. The number of sulfonamides is 1. The van der Waals surface area contributed by atoms with Crippen LogP contribution in [0.4, 0.5) is 5.69 Å². The Balaban J connectivity index is 1.76. The van der Waals surface area contributed by atoms with E-state index in [2.05, 4.69) is 5.32 Å². The predicted octanol–water partition coefficient (Wildman–Crippen LogP) is 3.66. The molecule has 1 amide bonds. The van der Waals surface area contributed by atoms with Crippen LogP contribution in [0.2, 0.25) is 0 Å². The van der Waals surface area contributed by atoms with Gasteiger partial charge in [-0.05, 0) is 69.0 Å². The zero-order chi connectivity index (χ0) is 21.2. The van der Waals surface area contributed by atoms with E-state index in [0.717, 1.165) is 16.7 Å². The predicted molar refractivity (Wildman–Crippen MR) is 114 cm³/mol. The monoisotopic (exact) mass is 416 g/mol. The van der Waals surface area contributed by atoms with Crippen LogP contribution in [0, 0.1) is 26.7 Å². The van der Waals surface area contributed by atoms with Crippen LogP contribution in [0.5, 0.6) is 5.75 Å². The van der Waals surface area contributed by atoms with Crippen LogP contribution in [0.3, 0.4) is 0 Å². The Bertz CT molecular complexity index is 977. The van der Waals surface area contributed by atoms with Gasteiger partial charge in [0.15, 0.2) is 0 Å². The van der Waals surface area contributed by atoms with Crippen LogP contribution >= 0.6 is 0 Å². The molecule has 29 heavy (non-hydrogen) atoms. The Kier molecular flexibility index (Phi) is 6.29. The van der Waals surface area contributed by atoms with Crippen molar-refractivity contribution in [1.82, 2.24) is 4.31 Å². The average molecular weight is 417 g/mol. The molecule has 2 aromatic rings. The van der Waals surface area contributed by atoms with Crippen LogP contribution < -0.4 is 10.1 Å². The molecule has 1 aliphatic rings. The summed E-state index contributed by atoms with van der Waals surface area (Å²) >= 11 is 0. The highest BCUT2D eigenvalue weighted by Gasteiger charge is 2.34. The van der Waals surface area contributed by atoms with E-state index in [4.69, 9.17) is 4.74 Å². The molecule has 1 N–H and O–H groups in total. The van der Waals surface area contributed by atoms with Crippen molar-refractivity contribution < 1.29 is 17.9 Å². The zero-order valence-electron chi connectivity index (χ0n) is 17.4. The SMILES string of the molecule is COc1ccc(NC(=O)[C@H]2CCCN(S(=O)(=O)c3c(C)cc(C)cc3C)C2)cc1. The third-order valence-corrected chi connectivity index (χ3v) is 7.49. The smallest absolute Gasteiger partial charge is 0.243 e. The van der Waals surface area contributed by atoms with E-state index in [1.165, 1.54) is 4.31 Å². The van der Waals surface area contributed by atoms with Gasteiger partial charge >= 0.3 is 0 Å². The molecule has 2 aromatic carbocycles. The number of nitrogens with zero attached hydrogens (tertiary/aromatic N) is 1. The van der Waals surface area contributed by atoms with Crippen molar-refractivity contribution >= 4 is 21.6 Å². The van der Waals surface area contributed by atoms with E-state index < -0.39 is 10.0 Å². The molecule has 6 nitrogen and oxygen atoms in total. The third kappa shape index (κ3) is 4.62. The van der Waals surface area contributed by atoms with Crippen LogP contribution in [-0.2, 0) is 14.8 Å². The number of nitrogens with one attached hydrogen (secondary N) is 1. The van der Waals surface area contributed by atoms with Crippen molar-refractivity contribution in [2.24, 2.45) is 5.92 Å². The molecule has 0 aromatic heterocycles. The molecule has 1 saturated heterocycles. The molecular formula is C22H28N2O4S. The summed E-state index contributed by atoms with van der Waals surface area (Å²) in [6.07, 6.45) is 1.32. The minimum atomic E-state index is -3.65. The Labute approximate surface area is 172 Å². The van der Waals surface area contributed by atoms with E-state index in [9.17, 15) is 13.2 Å². The number of piperidine rings is 1. The number of hydrogen-bond donors (Lipinski definition) is 1. The lowest BCUT2D eigenvalue weighted by Crippen LogP contribution is -2.44. The van der Waals surface area contributed by atoms with Crippen molar-refractivity contribution in [1.29, 1.82) is 0 Å². The first-order valence-electron chi connectivity index (χ1n) is 9.75. The second-order valence-electron chi connectivity index (χ2n) is 7.65. The van der Waals surface area contributed by atoms with Gasteiger partial charge in [0.2, 0.25) is 15.9 Å². The molecule has 0 unspecified atom stereocenters. The molecular weight excluding hydrogens is 388 g/mol. The van der Waals surface area contributed by atoms with Crippen molar-refractivity contribution in [2.75, 3.05) is 25.5 Å². The molecule has 0 spiro atoms. The Morgan fingerprint density at radius 1 is 1.10 bits per heavy atom. The largest absolute Gasteiger partial charge is 0.497 e. The molecule has 0 saturated carbocycles. The van der Waals surface area contributed by atoms with Crippen LogP contribution in [0.15, 0.2) is 41.3 Å². The Morgan fingerprint density at radius 3 is 2.31 bits per heavy atom. The van der Waals surface area contributed by atoms with Gasteiger partial charge in [0.05, 0.1) is 17.9 Å². The highest BCUT2D eigenvalue weighted by molar-refractivity contribution is 7.89. The fraction of sp³-hybridized carbons (Fsp3) is 0.409. The van der Waals surface area contributed by atoms with E-state index >= 15 is 0 Å². The molecule has 0 aliphatic carbocycles. The maximum atomic E-state index is 13.3. The minimum Gasteiger partial charge on any atom is -0.497 e. The molecule has 1 fully saturated rings. The highest BCUT2D eigenvalue weighted by Crippen LogP contribution is 2.29. The lowest BCUT2D eigenvalue weighted by atomic mass is 9.98. The fourth-order valence-corrected chi connectivity index (χ4v) is 5.93. The van der Waals surface area contributed by atoms with Gasteiger partial charge in [0.1, 0.15) is 5.75 Å². The molecule has 0 radical (unpaired) electrons. The first kappa shape index (κ1) is 21.3. The quantitative estimate of drug-likeness (QED) is 0.807. The lowest BCUT2D eigenvalue weighted by molar-refractivity contribution is -0.120. The maximum absolute atomic E-state index is 13.3. The van der Waals surface area contributed by atoms with Gasteiger partial charge in [0, 0.05) is 18.8 Å². The lowest BCUT2D eigenvalue weighted by Gasteiger charge is -2.32. The summed E-state index contributed by atoms with van der Waals surface area (Å²) in [6, 6.07) is 10.9. The Morgan fingerprint density at radius 2 is 1.72 bits per heavy atom. The van der Waals surface area contributed by atoms with Crippen molar-refractivity contribution in [3.05, 3.63) is 53.1 Å². The third-order valence-electron chi connectivity index (χ3n) is 5.32. The Hall–Kier alpha value is -2.38. The van der Waals surface area contributed by atoms with Gasteiger partial charge < -0.3 is 10.1 Å². The fourth-order valence-electron chi connectivity index (χ4n) is 4.00. The molecule has 1 atom stereocenters. The van der Waals surface area contributed by atoms with Gasteiger partial charge in [-0.25, -0.2) is 8.42 Å². The standard InChI is InChI=1S/C22H28N2O4S/c1-15-12-16(2)21(17(3)13-15)29(26,27)24-11-5-6-18(14-24)22(25)23-19-7-9-20(28-4)10-8-19/h7-10,12-13,18H,5-6,11,14H2,1-4H3,(H,23,25)/t18-/m0/s1. The van der Waals surface area contributed by atoms with Gasteiger partial charge in [-0.1, -0.05) is 17.7 Å². The zero-order valence-corrected chi connectivity index (χ0v) is 18.2. The van der Waals surface area contributed by atoms with Crippen molar-refractivity contribution in [3.63, 3.8) is 0 Å². The van der Waals surface area contributed by atoms with E-state index in [1.807, 2.05) is 32.9 Å². The molecule has 3 rings (SSSR count). The number of carbonyl (C=O) groups excluding carboxylic acids is 1. The number of carbonyl (C=O) groups is 1. The van der Waals surface area contributed by atoms with Gasteiger partial charge in [-0.3, -0.25) is 4.79 Å². The molecule has 1 aliphatic heterocycles. The number of aryl methyl sites for hydroxylation is 3. The van der Waals surface area contributed by atoms with Crippen molar-refractivity contribution in [2.45, 2.75) is 38.5 Å². The summed E-state index contributed by atoms with van der Waals surface area (Å²) < 4.78 is 33.2. The number of rotatable bonds is 5. The van der Waals surface area contributed by atoms with Crippen molar-refractivity contribution in [3.8, 4) is 5.75 Å². The van der Waals surface area contributed by atoms with E-state index in [1.54, 1.807) is 31.4 Å². The normalized spacial score (nSPS) is 17.7. The highest BCUT2D eigenvalue weighted by atomic mass is 32.2. The van der Waals surface area contributed by atoms with Crippen LogP contribution in [0.25, 0.3) is 0 Å². The van der Waals surface area contributed by atoms with Crippen LogP contribution in [-0.4, -0.2) is 38.8 Å². The van der Waals surface area contributed by atoms with Gasteiger partial charge in [-0.15, -0.1) is 0 Å². The second-order valence-corrected chi connectivity index (χ2v) is 9.52. The topological polar surface area (TPSA) is 75.7 Å². The number of anilines is 1. The summed E-state index contributed by atoms with van der Waals surface area (Å²) in [5.74, 6) is 0.167. The van der Waals surface area contributed by atoms with Gasteiger partial charge in [-0.2, -0.15) is 4.31 Å². The first-order chi connectivity index (χ1) is 13.7. The second kappa shape index (κ2) is 8.55. The van der Waals surface area contributed by atoms with Gasteiger partial charge in [0.25, 0.3) is 0 Å². The number of hydrogen-bond acceptors (Lipinski definition) is 4. The summed E-state index contributed by atoms with van der Waals surface area (Å²) in [5.41, 5.74) is 3.19. The van der Waals surface area contributed by atoms with E-state index in [0.29, 0.717) is 35.7 Å².